The fraction of sp³-hybridized carbons (Fsp3) is 0.500. The van der Waals surface area contributed by atoms with Gasteiger partial charge in [0.2, 0.25) is 0 Å². The van der Waals surface area contributed by atoms with Gasteiger partial charge in [0.1, 0.15) is 5.76 Å². The van der Waals surface area contributed by atoms with E-state index in [1.165, 1.54) is 6.92 Å². The van der Waals surface area contributed by atoms with Crippen molar-refractivity contribution in [2.45, 2.75) is 27.7 Å². The largest absolute Gasteiger partial charge is 0.466 e. The molecule has 0 spiro atoms. The highest BCUT2D eigenvalue weighted by Gasteiger charge is 2.08. The van der Waals surface area contributed by atoms with Crippen LogP contribution >= 0.6 is 0 Å². The lowest BCUT2D eigenvalue weighted by atomic mass is 10.1. The van der Waals surface area contributed by atoms with Crippen LogP contribution in [-0.4, -0.2) is 18.5 Å². The number of esters is 2. The van der Waals surface area contributed by atoms with E-state index in [4.69, 9.17) is 9.47 Å². The SMILES string of the molecule is CCOC(=O)C(C)C=CC=C(C)OC(C)=O. The summed E-state index contributed by atoms with van der Waals surface area (Å²) in [5.74, 6) is -0.445. The van der Waals surface area contributed by atoms with Gasteiger partial charge >= 0.3 is 11.9 Å². The van der Waals surface area contributed by atoms with Crippen molar-refractivity contribution in [3.05, 3.63) is 24.0 Å². The lowest BCUT2D eigenvalue weighted by Crippen LogP contribution is -2.12. The van der Waals surface area contributed by atoms with Gasteiger partial charge in [-0.3, -0.25) is 9.59 Å². The van der Waals surface area contributed by atoms with Gasteiger partial charge in [-0.1, -0.05) is 12.2 Å². The Morgan fingerprint density at radius 1 is 1.31 bits per heavy atom. The minimum Gasteiger partial charge on any atom is -0.466 e. The first-order valence-corrected chi connectivity index (χ1v) is 5.17. The third-order valence-electron chi connectivity index (χ3n) is 1.69. The topological polar surface area (TPSA) is 52.6 Å². The van der Waals surface area contributed by atoms with Crippen molar-refractivity contribution in [1.29, 1.82) is 0 Å². The first kappa shape index (κ1) is 14.4. The molecule has 0 fully saturated rings. The highest BCUT2D eigenvalue weighted by Crippen LogP contribution is 2.02. The van der Waals surface area contributed by atoms with Gasteiger partial charge < -0.3 is 9.47 Å². The van der Waals surface area contributed by atoms with Crippen LogP contribution in [0.25, 0.3) is 0 Å². The number of hydrogen-bond acceptors (Lipinski definition) is 4. The molecule has 0 aliphatic carbocycles. The summed E-state index contributed by atoms with van der Waals surface area (Å²) in [7, 11) is 0. The first-order valence-electron chi connectivity index (χ1n) is 5.17. The van der Waals surface area contributed by atoms with Crippen molar-refractivity contribution < 1.29 is 19.1 Å². The van der Waals surface area contributed by atoms with Gasteiger partial charge in [0.15, 0.2) is 0 Å². The molecule has 0 saturated carbocycles. The quantitative estimate of drug-likeness (QED) is 0.409. The van der Waals surface area contributed by atoms with Crippen molar-refractivity contribution in [2.24, 2.45) is 5.92 Å². The van der Waals surface area contributed by atoms with Crippen molar-refractivity contribution in [3.8, 4) is 0 Å². The van der Waals surface area contributed by atoms with Crippen LogP contribution in [0.2, 0.25) is 0 Å². The molecule has 4 nitrogen and oxygen atoms in total. The molecule has 0 bridgehead atoms. The molecule has 0 amide bonds. The highest BCUT2D eigenvalue weighted by atomic mass is 16.5. The van der Waals surface area contributed by atoms with Gasteiger partial charge in [0.25, 0.3) is 0 Å². The molecule has 0 aliphatic heterocycles. The number of rotatable bonds is 5. The van der Waals surface area contributed by atoms with Gasteiger partial charge in [0, 0.05) is 6.92 Å². The number of allylic oxidation sites excluding steroid dienone is 3. The Balaban J connectivity index is 4.17. The van der Waals surface area contributed by atoms with E-state index in [2.05, 4.69) is 0 Å². The molecular weight excluding hydrogens is 208 g/mol. The van der Waals surface area contributed by atoms with E-state index in [0.29, 0.717) is 12.4 Å². The average Bonchev–Trinajstić information content (AvgIpc) is 2.16. The first-order chi connectivity index (χ1) is 7.47. The second-order valence-electron chi connectivity index (χ2n) is 3.30. The molecule has 0 aliphatic rings. The molecule has 0 heterocycles. The molecule has 0 aromatic heterocycles. The molecule has 16 heavy (non-hydrogen) atoms. The smallest absolute Gasteiger partial charge is 0.312 e. The second kappa shape index (κ2) is 7.68. The van der Waals surface area contributed by atoms with E-state index in [1.54, 1.807) is 39.0 Å². The summed E-state index contributed by atoms with van der Waals surface area (Å²) in [6.45, 7) is 6.88. The maximum Gasteiger partial charge on any atom is 0.312 e. The average molecular weight is 226 g/mol. The summed E-state index contributed by atoms with van der Waals surface area (Å²) in [5, 5.41) is 0. The number of hydrogen-bond donors (Lipinski definition) is 0. The summed E-state index contributed by atoms with van der Waals surface area (Å²) in [6.07, 6.45) is 4.97. The highest BCUT2D eigenvalue weighted by molar-refractivity contribution is 5.74. The minimum absolute atomic E-state index is 0.266. The summed E-state index contributed by atoms with van der Waals surface area (Å²) >= 11 is 0. The van der Waals surface area contributed by atoms with Crippen molar-refractivity contribution in [1.82, 2.24) is 0 Å². The van der Waals surface area contributed by atoms with E-state index < -0.39 is 0 Å². The lowest BCUT2D eigenvalue weighted by Gasteiger charge is -2.04. The Labute approximate surface area is 95.9 Å². The van der Waals surface area contributed by atoms with Crippen LogP contribution in [0, 0.1) is 5.92 Å². The summed E-state index contributed by atoms with van der Waals surface area (Å²) < 4.78 is 9.62. The lowest BCUT2D eigenvalue weighted by molar-refractivity contribution is -0.145. The Hall–Kier alpha value is -1.58. The Bertz CT molecular complexity index is 302. The van der Waals surface area contributed by atoms with Gasteiger partial charge in [-0.25, -0.2) is 0 Å². The second-order valence-corrected chi connectivity index (χ2v) is 3.30. The standard InChI is InChI=1S/C12H18O4/c1-5-15-12(14)9(2)7-6-8-10(3)16-11(4)13/h6-9H,5H2,1-4H3. The van der Waals surface area contributed by atoms with E-state index in [-0.39, 0.29) is 17.9 Å². The summed E-state index contributed by atoms with van der Waals surface area (Å²) in [5.41, 5.74) is 0. The third kappa shape index (κ3) is 6.81. The predicted molar refractivity (Wildman–Crippen MR) is 60.5 cm³/mol. The molecule has 0 aromatic carbocycles. The zero-order chi connectivity index (χ0) is 12.6. The number of carbonyl (C=O) groups is 2. The van der Waals surface area contributed by atoms with Crippen LogP contribution in [0.4, 0.5) is 0 Å². The molecule has 0 N–H and O–H groups in total. The van der Waals surface area contributed by atoms with Crippen LogP contribution < -0.4 is 0 Å². The fourth-order valence-electron chi connectivity index (χ4n) is 0.971. The molecule has 0 radical (unpaired) electrons. The minimum atomic E-state index is -0.361. The maximum absolute atomic E-state index is 11.2. The van der Waals surface area contributed by atoms with Crippen LogP contribution in [0.1, 0.15) is 27.7 Å². The zero-order valence-corrected chi connectivity index (χ0v) is 10.1. The molecule has 0 rings (SSSR count). The molecule has 4 heteroatoms. The van der Waals surface area contributed by atoms with E-state index in [9.17, 15) is 9.59 Å². The van der Waals surface area contributed by atoms with Gasteiger partial charge in [-0.2, -0.15) is 0 Å². The summed E-state index contributed by atoms with van der Waals surface area (Å²) in [4.78, 5) is 21.8. The Morgan fingerprint density at radius 2 is 1.94 bits per heavy atom. The van der Waals surface area contributed by atoms with Crippen LogP contribution in [-0.2, 0) is 19.1 Å². The van der Waals surface area contributed by atoms with Crippen LogP contribution in [0.15, 0.2) is 24.0 Å². The van der Waals surface area contributed by atoms with Crippen molar-refractivity contribution >= 4 is 11.9 Å². The van der Waals surface area contributed by atoms with Crippen molar-refractivity contribution in [3.63, 3.8) is 0 Å². The molecule has 0 saturated heterocycles. The van der Waals surface area contributed by atoms with Crippen molar-refractivity contribution in [2.75, 3.05) is 6.61 Å². The van der Waals surface area contributed by atoms with Crippen LogP contribution in [0.3, 0.4) is 0 Å². The summed E-state index contributed by atoms with van der Waals surface area (Å²) in [6, 6.07) is 0. The number of carbonyl (C=O) groups excluding carboxylic acids is 2. The fourth-order valence-corrected chi connectivity index (χ4v) is 0.971. The zero-order valence-electron chi connectivity index (χ0n) is 10.1. The van der Waals surface area contributed by atoms with Gasteiger partial charge in [-0.15, -0.1) is 0 Å². The molecule has 1 unspecified atom stereocenters. The molecule has 0 aromatic rings. The Morgan fingerprint density at radius 3 is 2.44 bits per heavy atom. The number of ether oxygens (including phenoxy) is 2. The molecule has 90 valence electrons. The van der Waals surface area contributed by atoms with Gasteiger partial charge in [-0.05, 0) is 26.8 Å². The Kier molecular flexibility index (Phi) is 6.92. The van der Waals surface area contributed by atoms with Gasteiger partial charge in [0.05, 0.1) is 12.5 Å². The predicted octanol–water partition coefficient (Wildman–Crippen LogP) is 2.21. The van der Waals surface area contributed by atoms with E-state index in [1.807, 2.05) is 0 Å². The monoisotopic (exact) mass is 226 g/mol. The maximum atomic E-state index is 11.2. The van der Waals surface area contributed by atoms with E-state index >= 15 is 0 Å². The van der Waals surface area contributed by atoms with E-state index in [0.717, 1.165) is 0 Å². The normalized spacial score (nSPS) is 13.6. The third-order valence-corrected chi connectivity index (χ3v) is 1.69. The molecule has 1 atom stereocenters. The van der Waals surface area contributed by atoms with Crippen LogP contribution in [0.5, 0.6) is 0 Å². The molecular formula is C12H18O4.